The molecule has 0 amide bonds. The smallest absolute Gasteiger partial charge is 0.138 e. The minimum absolute atomic E-state index is 0.0359. The molecule has 1 heterocycles. The molecule has 1 aliphatic rings. The Bertz CT molecular complexity index is 363. The van der Waals surface area contributed by atoms with Crippen LogP contribution in [0.5, 0.6) is 5.75 Å². The largest absolute Gasteiger partial charge is 0.489 e. The predicted molar refractivity (Wildman–Crippen MR) is 73.5 cm³/mol. The fraction of sp³-hybridized carbons (Fsp3) is 0.667. The Balaban J connectivity index is 1.93. The Kier molecular flexibility index (Phi) is 4.59. The van der Waals surface area contributed by atoms with E-state index in [1.165, 1.54) is 19.3 Å². The Labute approximate surface area is 110 Å². The molecule has 0 aromatic carbocycles. The van der Waals surface area contributed by atoms with Gasteiger partial charge in [-0.05, 0) is 43.7 Å². The summed E-state index contributed by atoms with van der Waals surface area (Å²) in [7, 11) is 0. The quantitative estimate of drug-likeness (QED) is 0.887. The van der Waals surface area contributed by atoms with E-state index in [1.807, 2.05) is 18.3 Å². The monoisotopic (exact) mass is 248 g/mol. The molecule has 0 saturated heterocycles. The first-order valence-electron chi connectivity index (χ1n) is 7.07. The van der Waals surface area contributed by atoms with Crippen LogP contribution in [0.4, 0.5) is 0 Å². The second-order valence-electron chi connectivity index (χ2n) is 5.45. The molecule has 2 N–H and O–H groups in total. The summed E-state index contributed by atoms with van der Waals surface area (Å²) in [5.41, 5.74) is 6.89. The Morgan fingerprint density at radius 1 is 1.44 bits per heavy atom. The molecular formula is C15H24N2O. The van der Waals surface area contributed by atoms with Crippen molar-refractivity contribution in [3.05, 3.63) is 24.0 Å². The van der Waals surface area contributed by atoms with Crippen molar-refractivity contribution in [1.82, 2.24) is 4.98 Å². The van der Waals surface area contributed by atoms with Crippen molar-refractivity contribution in [3.63, 3.8) is 0 Å². The zero-order valence-electron chi connectivity index (χ0n) is 11.4. The summed E-state index contributed by atoms with van der Waals surface area (Å²) >= 11 is 0. The minimum Gasteiger partial charge on any atom is -0.489 e. The maximum absolute atomic E-state index is 5.99. The summed E-state index contributed by atoms with van der Waals surface area (Å²) in [6.45, 7) is 4.37. The lowest BCUT2D eigenvalue weighted by atomic mass is 9.89. The van der Waals surface area contributed by atoms with Crippen LogP contribution < -0.4 is 10.5 Å². The Morgan fingerprint density at radius 2 is 2.28 bits per heavy atom. The van der Waals surface area contributed by atoms with Crippen LogP contribution in [-0.4, -0.2) is 11.1 Å². The number of aromatic nitrogens is 1. The number of ether oxygens (including phenoxy) is 1. The SMILES string of the molecule is CC[C@@H](N)c1ccc(OC2CCCC(C)C2)cn1. The van der Waals surface area contributed by atoms with Crippen molar-refractivity contribution in [3.8, 4) is 5.75 Å². The van der Waals surface area contributed by atoms with Crippen LogP contribution in [0.1, 0.15) is 57.7 Å². The molecule has 2 rings (SSSR count). The zero-order chi connectivity index (χ0) is 13.0. The molecule has 100 valence electrons. The summed E-state index contributed by atoms with van der Waals surface area (Å²) in [6, 6.07) is 4.01. The first-order chi connectivity index (χ1) is 8.69. The van der Waals surface area contributed by atoms with Gasteiger partial charge in [0, 0.05) is 6.04 Å². The molecule has 3 heteroatoms. The van der Waals surface area contributed by atoms with E-state index in [0.717, 1.165) is 30.2 Å². The van der Waals surface area contributed by atoms with Crippen molar-refractivity contribution >= 4 is 0 Å². The van der Waals surface area contributed by atoms with Gasteiger partial charge in [0.05, 0.1) is 18.0 Å². The van der Waals surface area contributed by atoms with Gasteiger partial charge in [0.1, 0.15) is 5.75 Å². The molecule has 3 atom stereocenters. The second kappa shape index (κ2) is 6.19. The van der Waals surface area contributed by atoms with E-state index in [0.29, 0.717) is 6.10 Å². The fourth-order valence-corrected chi connectivity index (χ4v) is 2.57. The van der Waals surface area contributed by atoms with Crippen LogP contribution >= 0.6 is 0 Å². The zero-order valence-corrected chi connectivity index (χ0v) is 11.4. The molecule has 1 aliphatic carbocycles. The van der Waals surface area contributed by atoms with Gasteiger partial charge in [0.15, 0.2) is 0 Å². The lowest BCUT2D eigenvalue weighted by molar-refractivity contribution is 0.128. The highest BCUT2D eigenvalue weighted by Crippen LogP contribution is 2.27. The highest BCUT2D eigenvalue weighted by Gasteiger charge is 2.20. The standard InChI is InChI=1S/C15H24N2O/c1-3-14(16)15-8-7-13(10-17-15)18-12-6-4-5-11(2)9-12/h7-8,10-12,14H,3-6,9,16H2,1-2H3/t11?,12?,14-/m1/s1. The van der Waals surface area contributed by atoms with Gasteiger partial charge in [-0.15, -0.1) is 0 Å². The van der Waals surface area contributed by atoms with E-state index in [2.05, 4.69) is 18.8 Å². The first-order valence-corrected chi connectivity index (χ1v) is 7.07. The summed E-state index contributed by atoms with van der Waals surface area (Å²) in [5.74, 6) is 1.66. The van der Waals surface area contributed by atoms with Gasteiger partial charge in [-0.2, -0.15) is 0 Å². The van der Waals surface area contributed by atoms with Crippen LogP contribution in [0.3, 0.4) is 0 Å². The molecule has 1 aromatic heterocycles. The maximum Gasteiger partial charge on any atom is 0.138 e. The molecule has 1 saturated carbocycles. The van der Waals surface area contributed by atoms with Gasteiger partial charge in [0.25, 0.3) is 0 Å². The predicted octanol–water partition coefficient (Wildman–Crippen LogP) is 3.45. The maximum atomic E-state index is 5.99. The van der Waals surface area contributed by atoms with Crippen LogP contribution in [-0.2, 0) is 0 Å². The van der Waals surface area contributed by atoms with Gasteiger partial charge in [-0.3, -0.25) is 4.98 Å². The fourth-order valence-electron chi connectivity index (χ4n) is 2.57. The molecule has 18 heavy (non-hydrogen) atoms. The van der Waals surface area contributed by atoms with Crippen molar-refractivity contribution in [2.75, 3.05) is 0 Å². The number of nitrogens with two attached hydrogens (primary N) is 1. The van der Waals surface area contributed by atoms with Crippen LogP contribution in [0.25, 0.3) is 0 Å². The van der Waals surface area contributed by atoms with E-state index in [-0.39, 0.29) is 6.04 Å². The molecular weight excluding hydrogens is 224 g/mol. The summed E-state index contributed by atoms with van der Waals surface area (Å²) in [5, 5.41) is 0. The highest BCUT2D eigenvalue weighted by atomic mass is 16.5. The van der Waals surface area contributed by atoms with E-state index < -0.39 is 0 Å². The average Bonchev–Trinajstić information content (AvgIpc) is 2.39. The second-order valence-corrected chi connectivity index (χ2v) is 5.45. The third kappa shape index (κ3) is 3.45. The minimum atomic E-state index is 0.0359. The third-order valence-corrected chi connectivity index (χ3v) is 3.77. The van der Waals surface area contributed by atoms with Gasteiger partial charge >= 0.3 is 0 Å². The summed E-state index contributed by atoms with van der Waals surface area (Å²) < 4.78 is 5.99. The van der Waals surface area contributed by atoms with Crippen LogP contribution in [0.2, 0.25) is 0 Å². The van der Waals surface area contributed by atoms with Crippen LogP contribution in [0.15, 0.2) is 18.3 Å². The number of hydrogen-bond donors (Lipinski definition) is 1. The lowest BCUT2D eigenvalue weighted by Crippen LogP contribution is -2.24. The van der Waals surface area contributed by atoms with E-state index in [4.69, 9.17) is 10.5 Å². The molecule has 1 fully saturated rings. The Morgan fingerprint density at radius 3 is 2.89 bits per heavy atom. The molecule has 0 spiro atoms. The van der Waals surface area contributed by atoms with Crippen molar-refractivity contribution in [2.24, 2.45) is 11.7 Å². The van der Waals surface area contributed by atoms with Gasteiger partial charge < -0.3 is 10.5 Å². The van der Waals surface area contributed by atoms with Crippen molar-refractivity contribution < 1.29 is 4.74 Å². The van der Waals surface area contributed by atoms with Crippen molar-refractivity contribution in [2.45, 2.75) is 58.1 Å². The molecule has 0 bridgehead atoms. The number of pyridine rings is 1. The third-order valence-electron chi connectivity index (χ3n) is 3.77. The average molecular weight is 248 g/mol. The summed E-state index contributed by atoms with van der Waals surface area (Å²) in [4.78, 5) is 4.38. The number of nitrogens with zero attached hydrogens (tertiary/aromatic N) is 1. The highest BCUT2D eigenvalue weighted by molar-refractivity contribution is 5.21. The van der Waals surface area contributed by atoms with E-state index in [1.54, 1.807) is 0 Å². The number of rotatable bonds is 4. The van der Waals surface area contributed by atoms with Crippen molar-refractivity contribution in [1.29, 1.82) is 0 Å². The van der Waals surface area contributed by atoms with E-state index in [9.17, 15) is 0 Å². The summed E-state index contributed by atoms with van der Waals surface area (Å²) in [6.07, 6.45) is 8.02. The van der Waals surface area contributed by atoms with E-state index >= 15 is 0 Å². The van der Waals surface area contributed by atoms with Gasteiger partial charge in [0.2, 0.25) is 0 Å². The first kappa shape index (κ1) is 13.3. The van der Waals surface area contributed by atoms with Gasteiger partial charge in [-0.25, -0.2) is 0 Å². The molecule has 3 nitrogen and oxygen atoms in total. The molecule has 1 aromatic rings. The molecule has 0 radical (unpaired) electrons. The molecule has 0 aliphatic heterocycles. The normalized spacial score (nSPS) is 25.7. The lowest BCUT2D eigenvalue weighted by Gasteiger charge is -2.27. The van der Waals surface area contributed by atoms with Gasteiger partial charge in [-0.1, -0.05) is 20.3 Å². The Hall–Kier alpha value is -1.09. The number of hydrogen-bond acceptors (Lipinski definition) is 3. The topological polar surface area (TPSA) is 48.1 Å². The molecule has 2 unspecified atom stereocenters. The van der Waals surface area contributed by atoms with Crippen LogP contribution in [0, 0.1) is 5.92 Å².